The number of para-hydroxylation sites is 1. The third-order valence-corrected chi connectivity index (χ3v) is 6.69. The van der Waals surface area contributed by atoms with Crippen molar-refractivity contribution < 1.29 is 9.53 Å². The van der Waals surface area contributed by atoms with Crippen LogP contribution >= 0.6 is 0 Å². The lowest BCUT2D eigenvalue weighted by atomic mass is 9.91. The van der Waals surface area contributed by atoms with Crippen molar-refractivity contribution in [1.82, 2.24) is 20.4 Å². The van der Waals surface area contributed by atoms with E-state index in [-0.39, 0.29) is 24.3 Å². The van der Waals surface area contributed by atoms with E-state index in [1.807, 2.05) is 18.2 Å². The van der Waals surface area contributed by atoms with E-state index in [0.29, 0.717) is 24.4 Å². The summed E-state index contributed by atoms with van der Waals surface area (Å²) in [5.74, 6) is 1.82. The topological polar surface area (TPSA) is 120 Å². The van der Waals surface area contributed by atoms with Crippen molar-refractivity contribution in [3.05, 3.63) is 41.3 Å². The summed E-state index contributed by atoms with van der Waals surface area (Å²) in [6.07, 6.45) is 4.03. The molecule has 10 nitrogen and oxygen atoms in total. The Balaban J connectivity index is 1.66. The number of carbonyl (C=O) groups excluding carboxylic acids is 1. The predicted octanol–water partition coefficient (Wildman–Crippen LogP) is 3.23. The smallest absolute Gasteiger partial charge is 0.308 e. The van der Waals surface area contributed by atoms with Crippen molar-refractivity contribution in [3.63, 3.8) is 0 Å². The van der Waals surface area contributed by atoms with Crippen LogP contribution in [0.25, 0.3) is 0 Å². The number of hydrogen-bond donors (Lipinski definition) is 3. The Morgan fingerprint density at radius 2 is 1.80 bits per heavy atom. The number of nitrogens with two attached hydrogens (primary N) is 1. The number of benzene rings is 1. The Bertz CT molecular complexity index is 1010. The van der Waals surface area contributed by atoms with Crippen molar-refractivity contribution in [2.75, 3.05) is 0 Å². The maximum atomic E-state index is 11.6. The number of nitrogens with one attached hydrogen (secondary N) is 2. The first-order valence-corrected chi connectivity index (χ1v) is 12.6. The number of carbonyl (C=O) groups is 1. The van der Waals surface area contributed by atoms with Crippen molar-refractivity contribution in [2.45, 2.75) is 97.3 Å². The molecule has 1 aromatic carbocycles. The molecule has 2 heterocycles. The maximum Gasteiger partial charge on any atom is 0.308 e. The van der Waals surface area contributed by atoms with Crippen LogP contribution in [0.5, 0.6) is 5.75 Å². The van der Waals surface area contributed by atoms with E-state index in [0.717, 1.165) is 48.6 Å². The maximum absolute atomic E-state index is 11.6. The first kappa shape index (κ1) is 25.1. The monoisotopic (exact) mass is 482 g/mol. The minimum absolute atomic E-state index is 0.119. The highest BCUT2D eigenvalue weighted by molar-refractivity contribution is 6.00. The Morgan fingerprint density at radius 3 is 2.46 bits per heavy atom. The van der Waals surface area contributed by atoms with Crippen LogP contribution in [-0.4, -0.2) is 52.1 Å². The van der Waals surface area contributed by atoms with E-state index >= 15 is 0 Å². The molecule has 1 saturated carbocycles. The van der Waals surface area contributed by atoms with Crippen LogP contribution < -0.4 is 21.1 Å². The van der Waals surface area contributed by atoms with Gasteiger partial charge >= 0.3 is 5.97 Å². The number of rotatable bonds is 8. The molecule has 3 aliphatic rings. The van der Waals surface area contributed by atoms with E-state index in [9.17, 15) is 4.79 Å². The Labute approximate surface area is 207 Å². The van der Waals surface area contributed by atoms with Crippen molar-refractivity contribution in [2.24, 2.45) is 21.2 Å². The highest BCUT2D eigenvalue weighted by atomic mass is 16.5. The van der Waals surface area contributed by atoms with Gasteiger partial charge in [-0.15, -0.1) is 10.2 Å². The number of amidine groups is 1. The zero-order chi connectivity index (χ0) is 25.1. The molecular formula is C25H38N8O2. The number of fused-ring (bicyclic) bond motifs is 1. The van der Waals surface area contributed by atoms with Gasteiger partial charge in [0.25, 0.3) is 0 Å². The van der Waals surface area contributed by atoms with E-state index in [1.54, 1.807) is 6.07 Å². The normalized spacial score (nSPS) is 24.2. The number of ether oxygens (including phenoxy) is 1. The molecule has 4 N–H and O–H groups in total. The molecule has 1 aliphatic carbocycles. The lowest BCUT2D eigenvalue weighted by Crippen LogP contribution is -2.67. The summed E-state index contributed by atoms with van der Waals surface area (Å²) in [4.78, 5) is 16.2. The molecule has 0 radical (unpaired) electrons. The second kappa shape index (κ2) is 10.7. The minimum atomic E-state index is -0.344. The first-order valence-electron chi connectivity index (χ1n) is 12.6. The second-order valence-corrected chi connectivity index (χ2v) is 10.0. The van der Waals surface area contributed by atoms with Gasteiger partial charge in [0.15, 0.2) is 17.8 Å². The van der Waals surface area contributed by atoms with Gasteiger partial charge in [-0.1, -0.05) is 18.2 Å². The molecule has 2 aliphatic heterocycles. The molecule has 1 unspecified atom stereocenters. The van der Waals surface area contributed by atoms with Crippen LogP contribution in [0.4, 0.5) is 0 Å². The highest BCUT2D eigenvalue weighted by Crippen LogP contribution is 2.33. The summed E-state index contributed by atoms with van der Waals surface area (Å²) in [7, 11) is 0. The fraction of sp³-hybridized carbons (Fsp3) is 0.600. The van der Waals surface area contributed by atoms with Gasteiger partial charge in [0.1, 0.15) is 11.6 Å². The van der Waals surface area contributed by atoms with Gasteiger partial charge in [0, 0.05) is 43.2 Å². The molecule has 190 valence electrons. The van der Waals surface area contributed by atoms with Gasteiger partial charge in [-0.05, 0) is 64.7 Å². The SMILES string of the molecule is CC(=O)Oc1ccccc1CNC1=C2N=NN=C2N(C(C)C)C(NC2CCC(N)CC2)N1C(C)C. The van der Waals surface area contributed by atoms with Gasteiger partial charge in [0.05, 0.1) is 0 Å². The summed E-state index contributed by atoms with van der Waals surface area (Å²) >= 11 is 0. The van der Waals surface area contributed by atoms with E-state index in [4.69, 9.17) is 10.5 Å². The lowest BCUT2D eigenvalue weighted by Gasteiger charge is -2.51. The average molecular weight is 483 g/mol. The van der Waals surface area contributed by atoms with Gasteiger partial charge < -0.3 is 25.6 Å². The Kier molecular flexibility index (Phi) is 7.71. The number of hydrogen-bond acceptors (Lipinski definition) is 10. The minimum Gasteiger partial charge on any atom is -0.426 e. The molecule has 0 saturated heterocycles. The van der Waals surface area contributed by atoms with E-state index in [1.165, 1.54) is 6.92 Å². The van der Waals surface area contributed by atoms with E-state index < -0.39 is 0 Å². The van der Waals surface area contributed by atoms with Crippen LogP contribution in [0.15, 0.2) is 51.2 Å². The van der Waals surface area contributed by atoms with Crippen LogP contribution in [0.3, 0.4) is 0 Å². The lowest BCUT2D eigenvalue weighted by molar-refractivity contribution is -0.131. The molecule has 1 fully saturated rings. The summed E-state index contributed by atoms with van der Waals surface area (Å²) in [5.41, 5.74) is 7.77. The number of nitrogens with zero attached hydrogens (tertiary/aromatic N) is 5. The molecule has 1 atom stereocenters. The highest BCUT2D eigenvalue weighted by Gasteiger charge is 2.43. The summed E-state index contributed by atoms with van der Waals surface area (Å²) in [6.45, 7) is 10.5. The third kappa shape index (κ3) is 5.48. The first-order chi connectivity index (χ1) is 16.8. The molecule has 10 heteroatoms. The molecule has 35 heavy (non-hydrogen) atoms. The summed E-state index contributed by atoms with van der Waals surface area (Å²) < 4.78 is 5.42. The van der Waals surface area contributed by atoms with Gasteiger partial charge in [-0.2, -0.15) is 0 Å². The summed E-state index contributed by atoms with van der Waals surface area (Å²) in [6, 6.07) is 8.55. The third-order valence-electron chi connectivity index (χ3n) is 6.69. The van der Waals surface area contributed by atoms with Crippen LogP contribution in [-0.2, 0) is 11.3 Å². The summed E-state index contributed by atoms with van der Waals surface area (Å²) in [5, 5.41) is 20.4. The quantitative estimate of drug-likeness (QED) is 0.384. The molecule has 4 rings (SSSR count). The molecule has 0 spiro atoms. The molecule has 0 bridgehead atoms. The van der Waals surface area contributed by atoms with Gasteiger partial charge in [-0.3, -0.25) is 10.1 Å². The Morgan fingerprint density at radius 1 is 1.11 bits per heavy atom. The molecular weight excluding hydrogens is 444 g/mol. The zero-order valence-corrected chi connectivity index (χ0v) is 21.4. The number of esters is 1. The largest absolute Gasteiger partial charge is 0.426 e. The van der Waals surface area contributed by atoms with Crippen LogP contribution in [0, 0.1) is 0 Å². The molecule has 0 amide bonds. The fourth-order valence-corrected chi connectivity index (χ4v) is 5.01. The zero-order valence-electron chi connectivity index (χ0n) is 21.4. The molecule has 0 aromatic heterocycles. The van der Waals surface area contributed by atoms with Gasteiger partial charge in [-0.25, -0.2) is 0 Å². The molecule has 1 aromatic rings. The van der Waals surface area contributed by atoms with Crippen LogP contribution in [0.2, 0.25) is 0 Å². The van der Waals surface area contributed by atoms with Crippen LogP contribution in [0.1, 0.15) is 65.9 Å². The van der Waals surface area contributed by atoms with E-state index in [2.05, 4.69) is 63.6 Å². The Hall–Kier alpha value is -2.98. The predicted molar refractivity (Wildman–Crippen MR) is 135 cm³/mol. The van der Waals surface area contributed by atoms with Gasteiger partial charge in [0.2, 0.25) is 0 Å². The average Bonchev–Trinajstić information content (AvgIpc) is 3.28. The van der Waals surface area contributed by atoms with Crippen molar-refractivity contribution >= 4 is 11.8 Å². The second-order valence-electron chi connectivity index (χ2n) is 10.0. The van der Waals surface area contributed by atoms with Crippen molar-refractivity contribution in [3.8, 4) is 5.75 Å². The van der Waals surface area contributed by atoms with Crippen molar-refractivity contribution in [1.29, 1.82) is 0 Å². The fourth-order valence-electron chi connectivity index (χ4n) is 5.01. The standard InChI is InChI=1S/C25H38N8O2/c1-15(2)32-23(27-14-18-8-6-7-9-21(18)35-17(5)34)22-24(30-31-29-22)33(16(3)4)25(32)28-20-12-10-19(26)11-13-20/h6-9,15-16,19-20,25,27-28H,10-14,26H2,1-5H3.